The molecule has 1 aromatic rings. The van der Waals surface area contributed by atoms with Crippen molar-refractivity contribution >= 4 is 11.4 Å². The quantitative estimate of drug-likeness (QED) is 0.596. The molecule has 1 unspecified atom stereocenters. The number of nitro benzene ring substituents is 1. The normalized spacial score (nSPS) is 20.1. The topological polar surface area (TPSA) is 73.4 Å². The number of nitro groups is 1. The van der Waals surface area contributed by atoms with Gasteiger partial charge in [0.1, 0.15) is 11.6 Å². The molecule has 1 saturated heterocycles. The molecule has 1 fully saturated rings. The van der Waals surface area contributed by atoms with E-state index in [9.17, 15) is 10.1 Å². The summed E-state index contributed by atoms with van der Waals surface area (Å²) in [4.78, 5) is 14.9. The molecule has 19 heavy (non-hydrogen) atoms. The lowest BCUT2D eigenvalue weighted by Crippen LogP contribution is -2.50. The summed E-state index contributed by atoms with van der Waals surface area (Å²) in [6, 6.07) is 6.97. The van der Waals surface area contributed by atoms with Crippen molar-refractivity contribution in [3.8, 4) is 6.07 Å². The highest BCUT2D eigenvalue weighted by Crippen LogP contribution is 2.27. The molecule has 2 rings (SSSR count). The first-order chi connectivity index (χ1) is 9.02. The molecule has 0 spiro atoms. The Kier molecular flexibility index (Phi) is 3.67. The van der Waals surface area contributed by atoms with Crippen molar-refractivity contribution < 1.29 is 4.92 Å². The Morgan fingerprint density at radius 1 is 1.47 bits per heavy atom. The summed E-state index contributed by atoms with van der Waals surface area (Å²) >= 11 is 0. The summed E-state index contributed by atoms with van der Waals surface area (Å²) in [7, 11) is 2.06. The summed E-state index contributed by atoms with van der Waals surface area (Å²) in [6.45, 7) is 4.78. The van der Waals surface area contributed by atoms with Gasteiger partial charge in [-0.15, -0.1) is 0 Å². The Morgan fingerprint density at radius 2 is 2.21 bits per heavy atom. The number of benzene rings is 1. The van der Waals surface area contributed by atoms with E-state index in [0.717, 1.165) is 25.3 Å². The number of hydrogen-bond acceptors (Lipinski definition) is 5. The SMILES string of the molecule is CC1CN(C)CCN1c1ccc(C#N)c([N+](=O)[O-])c1. The van der Waals surface area contributed by atoms with Gasteiger partial charge in [-0.25, -0.2) is 0 Å². The van der Waals surface area contributed by atoms with Crippen LogP contribution in [0.25, 0.3) is 0 Å². The fraction of sp³-hybridized carbons (Fsp3) is 0.462. The fourth-order valence-electron chi connectivity index (χ4n) is 2.47. The van der Waals surface area contributed by atoms with Gasteiger partial charge in [-0.3, -0.25) is 10.1 Å². The molecule has 0 bridgehead atoms. The molecule has 6 nitrogen and oxygen atoms in total. The third-order valence-corrected chi connectivity index (χ3v) is 3.46. The number of rotatable bonds is 2. The second-order valence-electron chi connectivity index (χ2n) is 4.88. The zero-order chi connectivity index (χ0) is 14.0. The lowest BCUT2D eigenvalue weighted by molar-refractivity contribution is -0.385. The molecule has 0 N–H and O–H groups in total. The third kappa shape index (κ3) is 2.66. The van der Waals surface area contributed by atoms with E-state index in [-0.39, 0.29) is 11.3 Å². The Hall–Kier alpha value is -2.13. The molecule has 0 saturated carbocycles. The van der Waals surface area contributed by atoms with Gasteiger partial charge >= 0.3 is 0 Å². The van der Waals surface area contributed by atoms with Crippen LogP contribution in [0.15, 0.2) is 18.2 Å². The van der Waals surface area contributed by atoms with E-state index in [1.165, 1.54) is 12.1 Å². The van der Waals surface area contributed by atoms with Crippen LogP contribution in [0.3, 0.4) is 0 Å². The number of piperazine rings is 1. The first-order valence-corrected chi connectivity index (χ1v) is 6.16. The first-order valence-electron chi connectivity index (χ1n) is 6.16. The van der Waals surface area contributed by atoms with Crippen molar-refractivity contribution in [2.24, 2.45) is 0 Å². The Bertz CT molecular complexity index is 538. The largest absolute Gasteiger partial charge is 0.366 e. The van der Waals surface area contributed by atoms with Gasteiger partial charge in [0, 0.05) is 37.4 Å². The molecule has 1 aliphatic heterocycles. The standard InChI is InChI=1S/C13H16N4O2/c1-10-9-15(2)5-6-16(10)12-4-3-11(8-14)13(7-12)17(18)19/h3-4,7,10H,5-6,9H2,1-2H3. The molecule has 1 aromatic carbocycles. The summed E-state index contributed by atoms with van der Waals surface area (Å²) in [5.74, 6) is 0. The molecule has 0 aliphatic carbocycles. The molecular weight excluding hydrogens is 244 g/mol. The monoisotopic (exact) mass is 260 g/mol. The van der Waals surface area contributed by atoms with Gasteiger partial charge in [0.05, 0.1) is 4.92 Å². The lowest BCUT2D eigenvalue weighted by atomic mass is 10.1. The smallest absolute Gasteiger partial charge is 0.289 e. The van der Waals surface area contributed by atoms with E-state index in [0.29, 0.717) is 6.04 Å². The highest BCUT2D eigenvalue weighted by molar-refractivity contribution is 5.60. The van der Waals surface area contributed by atoms with Crippen LogP contribution < -0.4 is 4.90 Å². The third-order valence-electron chi connectivity index (χ3n) is 3.46. The molecule has 1 heterocycles. The van der Waals surface area contributed by atoms with Gasteiger partial charge in [-0.1, -0.05) is 0 Å². The number of anilines is 1. The average molecular weight is 260 g/mol. The number of hydrogen-bond donors (Lipinski definition) is 0. The zero-order valence-corrected chi connectivity index (χ0v) is 11.0. The van der Waals surface area contributed by atoms with E-state index in [1.807, 2.05) is 6.07 Å². The molecule has 0 aromatic heterocycles. The van der Waals surface area contributed by atoms with E-state index in [1.54, 1.807) is 6.07 Å². The molecule has 100 valence electrons. The van der Waals surface area contributed by atoms with Crippen molar-refractivity contribution in [1.82, 2.24) is 4.90 Å². The highest BCUT2D eigenvalue weighted by Gasteiger charge is 2.24. The molecule has 6 heteroatoms. The first kappa shape index (κ1) is 13.3. The van der Waals surface area contributed by atoms with Crippen molar-refractivity contribution in [2.75, 3.05) is 31.6 Å². The van der Waals surface area contributed by atoms with Gasteiger partial charge in [0.2, 0.25) is 0 Å². The highest BCUT2D eigenvalue weighted by atomic mass is 16.6. The maximum absolute atomic E-state index is 11.0. The van der Waals surface area contributed by atoms with E-state index in [4.69, 9.17) is 5.26 Å². The predicted molar refractivity (Wildman–Crippen MR) is 72.1 cm³/mol. The molecule has 1 aliphatic rings. The van der Waals surface area contributed by atoms with Crippen molar-refractivity contribution in [2.45, 2.75) is 13.0 Å². The molecule has 0 radical (unpaired) electrons. The van der Waals surface area contributed by atoms with Gasteiger partial charge in [0.15, 0.2) is 0 Å². The van der Waals surface area contributed by atoms with Crippen LogP contribution in [0.1, 0.15) is 12.5 Å². The second kappa shape index (κ2) is 5.24. The Balaban J connectivity index is 2.33. The minimum absolute atomic E-state index is 0.107. The van der Waals surface area contributed by atoms with Crippen LogP contribution in [0.5, 0.6) is 0 Å². The van der Waals surface area contributed by atoms with E-state index >= 15 is 0 Å². The van der Waals surface area contributed by atoms with Crippen LogP contribution >= 0.6 is 0 Å². The summed E-state index contributed by atoms with van der Waals surface area (Å²) in [6.07, 6.45) is 0. The van der Waals surface area contributed by atoms with Crippen LogP contribution in [-0.2, 0) is 0 Å². The van der Waals surface area contributed by atoms with Crippen molar-refractivity contribution in [3.63, 3.8) is 0 Å². The number of likely N-dealkylation sites (N-methyl/N-ethyl adjacent to an activating group) is 1. The summed E-state index contributed by atoms with van der Waals surface area (Å²) in [5.41, 5.74) is 0.799. The van der Waals surface area contributed by atoms with Gasteiger partial charge in [0.25, 0.3) is 5.69 Å². The second-order valence-corrected chi connectivity index (χ2v) is 4.88. The zero-order valence-electron chi connectivity index (χ0n) is 11.0. The van der Waals surface area contributed by atoms with E-state index in [2.05, 4.69) is 23.8 Å². The average Bonchev–Trinajstić information content (AvgIpc) is 2.38. The Labute approximate surface area is 112 Å². The van der Waals surface area contributed by atoms with Gasteiger partial charge in [-0.05, 0) is 26.1 Å². The van der Waals surface area contributed by atoms with Crippen LogP contribution in [-0.4, -0.2) is 42.5 Å². The maximum Gasteiger partial charge on any atom is 0.289 e. The maximum atomic E-state index is 11.0. The van der Waals surface area contributed by atoms with Crippen LogP contribution in [0, 0.1) is 21.4 Å². The summed E-state index contributed by atoms with van der Waals surface area (Å²) in [5, 5.41) is 19.9. The fourth-order valence-corrected chi connectivity index (χ4v) is 2.47. The number of nitrogens with zero attached hydrogens (tertiary/aromatic N) is 4. The van der Waals surface area contributed by atoms with Crippen molar-refractivity contribution in [1.29, 1.82) is 5.26 Å². The minimum Gasteiger partial charge on any atom is -0.366 e. The molecule has 0 amide bonds. The van der Waals surface area contributed by atoms with Crippen LogP contribution in [0.2, 0.25) is 0 Å². The predicted octanol–water partition coefficient (Wildman–Crippen LogP) is 1.61. The summed E-state index contributed by atoms with van der Waals surface area (Å²) < 4.78 is 0. The molecular formula is C13H16N4O2. The molecule has 1 atom stereocenters. The number of nitriles is 1. The lowest BCUT2D eigenvalue weighted by Gasteiger charge is -2.39. The van der Waals surface area contributed by atoms with E-state index < -0.39 is 4.92 Å². The Morgan fingerprint density at radius 3 is 2.79 bits per heavy atom. The van der Waals surface area contributed by atoms with Crippen LogP contribution in [0.4, 0.5) is 11.4 Å². The van der Waals surface area contributed by atoms with Gasteiger partial charge in [-0.2, -0.15) is 5.26 Å². The van der Waals surface area contributed by atoms with Gasteiger partial charge < -0.3 is 9.80 Å². The minimum atomic E-state index is -0.497. The van der Waals surface area contributed by atoms with Crippen molar-refractivity contribution in [3.05, 3.63) is 33.9 Å².